The van der Waals surface area contributed by atoms with E-state index in [1.807, 2.05) is 13.8 Å². The van der Waals surface area contributed by atoms with Crippen LogP contribution in [0.2, 0.25) is 0 Å². The van der Waals surface area contributed by atoms with Gasteiger partial charge in [-0.15, -0.1) is 0 Å². The van der Waals surface area contributed by atoms with Gasteiger partial charge in [0.15, 0.2) is 0 Å². The molecule has 1 rings (SSSR count). The zero-order valence-electron chi connectivity index (χ0n) is 10.1. The minimum absolute atomic E-state index is 0.198. The molecule has 1 aliphatic rings. The molecular formula is C12H22O4. The number of ether oxygens (including phenoxy) is 1. The quantitative estimate of drug-likeness (QED) is 0.674. The predicted octanol–water partition coefficient (Wildman–Crippen LogP) is 1.24. The highest BCUT2D eigenvalue weighted by molar-refractivity contribution is 5.71. The molecule has 4 atom stereocenters. The van der Waals surface area contributed by atoms with Gasteiger partial charge in [0.25, 0.3) is 0 Å². The van der Waals surface area contributed by atoms with E-state index in [0.717, 1.165) is 6.42 Å². The Kier molecular flexibility index (Phi) is 5.22. The fourth-order valence-electron chi connectivity index (χ4n) is 2.31. The van der Waals surface area contributed by atoms with E-state index in [1.54, 1.807) is 0 Å². The Balaban J connectivity index is 2.54. The molecule has 0 radical (unpaired) electrons. The maximum Gasteiger partial charge on any atom is 0.306 e. The Morgan fingerprint density at radius 1 is 1.44 bits per heavy atom. The molecule has 0 aromatic rings. The molecule has 0 aliphatic carbocycles. The molecule has 1 aliphatic heterocycles. The van der Waals surface area contributed by atoms with Crippen molar-refractivity contribution in [3.8, 4) is 0 Å². The number of carbonyl (C=O) groups excluding carboxylic acids is 1. The number of esters is 1. The van der Waals surface area contributed by atoms with Gasteiger partial charge in [0.05, 0.1) is 12.2 Å². The molecule has 0 amide bonds. The highest BCUT2D eigenvalue weighted by Gasteiger charge is 2.36. The van der Waals surface area contributed by atoms with Crippen LogP contribution in [0.15, 0.2) is 0 Å². The third-order valence-corrected chi connectivity index (χ3v) is 3.29. The molecule has 16 heavy (non-hydrogen) atoms. The second kappa shape index (κ2) is 6.21. The van der Waals surface area contributed by atoms with Crippen molar-refractivity contribution in [2.75, 3.05) is 0 Å². The van der Waals surface area contributed by atoms with Gasteiger partial charge < -0.3 is 14.9 Å². The number of carbonyl (C=O) groups is 1. The van der Waals surface area contributed by atoms with Gasteiger partial charge in [-0.3, -0.25) is 4.79 Å². The van der Waals surface area contributed by atoms with E-state index in [9.17, 15) is 15.0 Å². The Morgan fingerprint density at radius 3 is 2.56 bits per heavy atom. The molecule has 1 saturated heterocycles. The SMILES string of the molecule is CCCC(O)C(CC)C(O)C1CCC(=O)O1. The number of rotatable bonds is 6. The van der Waals surface area contributed by atoms with Crippen molar-refractivity contribution in [2.45, 2.75) is 64.3 Å². The lowest BCUT2D eigenvalue weighted by atomic mass is 9.87. The van der Waals surface area contributed by atoms with Crippen molar-refractivity contribution in [1.82, 2.24) is 0 Å². The lowest BCUT2D eigenvalue weighted by Crippen LogP contribution is -2.39. The van der Waals surface area contributed by atoms with Crippen LogP contribution in [-0.4, -0.2) is 34.5 Å². The predicted molar refractivity (Wildman–Crippen MR) is 59.8 cm³/mol. The molecule has 4 nitrogen and oxygen atoms in total. The van der Waals surface area contributed by atoms with E-state index in [1.165, 1.54) is 0 Å². The summed E-state index contributed by atoms with van der Waals surface area (Å²) in [5.41, 5.74) is 0. The first-order valence-corrected chi connectivity index (χ1v) is 6.15. The molecule has 2 N–H and O–H groups in total. The van der Waals surface area contributed by atoms with Gasteiger partial charge in [-0.05, 0) is 19.3 Å². The van der Waals surface area contributed by atoms with Crippen LogP contribution in [0.3, 0.4) is 0 Å². The average molecular weight is 230 g/mol. The van der Waals surface area contributed by atoms with Gasteiger partial charge in [0.2, 0.25) is 0 Å². The highest BCUT2D eigenvalue weighted by atomic mass is 16.6. The van der Waals surface area contributed by atoms with Crippen LogP contribution in [0.25, 0.3) is 0 Å². The van der Waals surface area contributed by atoms with Gasteiger partial charge in [0.1, 0.15) is 6.10 Å². The van der Waals surface area contributed by atoms with E-state index in [0.29, 0.717) is 25.7 Å². The summed E-state index contributed by atoms with van der Waals surface area (Å²) in [5, 5.41) is 20.0. The summed E-state index contributed by atoms with van der Waals surface area (Å²) in [5.74, 6) is -0.445. The second-order valence-electron chi connectivity index (χ2n) is 4.49. The number of hydrogen-bond acceptors (Lipinski definition) is 4. The molecule has 1 heterocycles. The summed E-state index contributed by atoms with van der Waals surface area (Å²) < 4.78 is 5.03. The summed E-state index contributed by atoms with van der Waals surface area (Å²) in [6.45, 7) is 3.93. The van der Waals surface area contributed by atoms with Crippen LogP contribution in [0.1, 0.15) is 46.0 Å². The van der Waals surface area contributed by atoms with Gasteiger partial charge in [-0.25, -0.2) is 0 Å². The van der Waals surface area contributed by atoms with E-state index >= 15 is 0 Å². The zero-order chi connectivity index (χ0) is 12.1. The summed E-state index contributed by atoms with van der Waals surface area (Å²) in [7, 11) is 0. The zero-order valence-corrected chi connectivity index (χ0v) is 10.1. The van der Waals surface area contributed by atoms with Crippen molar-refractivity contribution in [3.05, 3.63) is 0 Å². The van der Waals surface area contributed by atoms with Crippen LogP contribution in [0.4, 0.5) is 0 Å². The Hall–Kier alpha value is -0.610. The minimum Gasteiger partial charge on any atom is -0.460 e. The lowest BCUT2D eigenvalue weighted by Gasteiger charge is -2.29. The van der Waals surface area contributed by atoms with E-state index in [-0.39, 0.29) is 11.9 Å². The van der Waals surface area contributed by atoms with Crippen molar-refractivity contribution in [1.29, 1.82) is 0 Å². The highest BCUT2D eigenvalue weighted by Crippen LogP contribution is 2.26. The normalized spacial score (nSPS) is 26.2. The Bertz CT molecular complexity index is 229. The number of cyclic esters (lactones) is 1. The summed E-state index contributed by atoms with van der Waals surface area (Å²) in [6.07, 6.45) is 1.52. The monoisotopic (exact) mass is 230 g/mol. The molecule has 0 saturated carbocycles. The largest absolute Gasteiger partial charge is 0.460 e. The van der Waals surface area contributed by atoms with E-state index in [2.05, 4.69) is 0 Å². The lowest BCUT2D eigenvalue weighted by molar-refractivity contribution is -0.148. The molecule has 0 spiro atoms. The van der Waals surface area contributed by atoms with E-state index in [4.69, 9.17) is 4.74 Å². The summed E-state index contributed by atoms with van der Waals surface area (Å²) >= 11 is 0. The fourth-order valence-corrected chi connectivity index (χ4v) is 2.31. The van der Waals surface area contributed by atoms with Crippen LogP contribution >= 0.6 is 0 Å². The van der Waals surface area contributed by atoms with Gasteiger partial charge in [-0.2, -0.15) is 0 Å². The molecule has 4 heteroatoms. The van der Waals surface area contributed by atoms with E-state index < -0.39 is 18.3 Å². The summed E-state index contributed by atoms with van der Waals surface area (Å²) in [6, 6.07) is 0. The average Bonchev–Trinajstić information content (AvgIpc) is 2.66. The van der Waals surface area contributed by atoms with Crippen molar-refractivity contribution in [2.24, 2.45) is 5.92 Å². The van der Waals surface area contributed by atoms with Gasteiger partial charge in [-0.1, -0.05) is 20.3 Å². The Morgan fingerprint density at radius 2 is 2.12 bits per heavy atom. The number of aliphatic hydroxyl groups excluding tert-OH is 2. The minimum atomic E-state index is -0.738. The molecule has 1 fully saturated rings. The molecule has 0 aromatic heterocycles. The molecule has 0 aromatic carbocycles. The second-order valence-corrected chi connectivity index (χ2v) is 4.49. The molecule has 4 unspecified atom stereocenters. The first-order valence-electron chi connectivity index (χ1n) is 6.15. The first kappa shape index (κ1) is 13.5. The van der Waals surface area contributed by atoms with Crippen molar-refractivity contribution in [3.63, 3.8) is 0 Å². The maximum atomic E-state index is 11.0. The van der Waals surface area contributed by atoms with Crippen molar-refractivity contribution >= 4 is 5.97 Å². The van der Waals surface area contributed by atoms with Crippen molar-refractivity contribution < 1.29 is 19.7 Å². The topological polar surface area (TPSA) is 66.8 Å². The van der Waals surface area contributed by atoms with Gasteiger partial charge in [0, 0.05) is 12.3 Å². The molecule has 94 valence electrons. The number of hydrogen-bond donors (Lipinski definition) is 2. The fraction of sp³-hybridized carbons (Fsp3) is 0.917. The maximum absolute atomic E-state index is 11.0. The van der Waals surface area contributed by atoms with Gasteiger partial charge >= 0.3 is 5.97 Å². The first-order chi connectivity index (χ1) is 7.60. The summed E-state index contributed by atoms with van der Waals surface area (Å²) in [4.78, 5) is 11.0. The van der Waals surface area contributed by atoms with Crippen LogP contribution in [0.5, 0.6) is 0 Å². The van der Waals surface area contributed by atoms with Crippen LogP contribution in [0, 0.1) is 5.92 Å². The molecule has 0 bridgehead atoms. The third kappa shape index (κ3) is 3.19. The number of aliphatic hydroxyl groups is 2. The standard InChI is InChI=1S/C12H22O4/c1-3-5-9(13)8(4-2)12(15)10-6-7-11(14)16-10/h8-10,12-13,15H,3-7H2,1-2H3. The Labute approximate surface area is 96.6 Å². The van der Waals surface area contributed by atoms with Crippen LogP contribution < -0.4 is 0 Å². The molecular weight excluding hydrogens is 208 g/mol. The van der Waals surface area contributed by atoms with Crippen LogP contribution in [-0.2, 0) is 9.53 Å². The smallest absolute Gasteiger partial charge is 0.306 e. The third-order valence-electron chi connectivity index (χ3n) is 3.29.